The van der Waals surface area contributed by atoms with E-state index in [1.165, 1.54) is 17.7 Å². The van der Waals surface area contributed by atoms with Gasteiger partial charge in [0.15, 0.2) is 11.5 Å². The topological polar surface area (TPSA) is 71.6 Å². The van der Waals surface area contributed by atoms with Crippen molar-refractivity contribution in [2.45, 2.75) is 43.6 Å². The average Bonchev–Trinajstić information content (AvgIpc) is 3.27. The van der Waals surface area contributed by atoms with Crippen LogP contribution in [-0.2, 0) is 16.8 Å². The van der Waals surface area contributed by atoms with Crippen LogP contribution in [0.2, 0.25) is 0 Å². The maximum absolute atomic E-state index is 12.7. The molecule has 1 unspecified atom stereocenters. The molecule has 1 spiro atoms. The van der Waals surface area contributed by atoms with Crippen molar-refractivity contribution in [2.24, 2.45) is 10.7 Å². The van der Waals surface area contributed by atoms with E-state index in [1.807, 2.05) is 6.20 Å². The van der Waals surface area contributed by atoms with Crippen LogP contribution in [0.15, 0.2) is 17.3 Å². The molecule has 0 aromatic carbocycles. The summed E-state index contributed by atoms with van der Waals surface area (Å²) in [5.41, 5.74) is 8.41. The maximum atomic E-state index is 12.7. The number of hydrogen-bond donors (Lipinski definition) is 1. The maximum Gasteiger partial charge on any atom is 0.261 e. The van der Waals surface area contributed by atoms with Gasteiger partial charge in [0.1, 0.15) is 0 Å². The molecule has 104 valence electrons. The number of aromatic nitrogens is 1. The molecule has 2 N–H and O–H groups in total. The molecular weight excluding hydrogens is 252 g/mol. The van der Waals surface area contributed by atoms with E-state index in [9.17, 15) is 4.79 Å². The summed E-state index contributed by atoms with van der Waals surface area (Å²) in [5, 5.41) is 0. The molecule has 1 aliphatic heterocycles. The summed E-state index contributed by atoms with van der Waals surface area (Å²) >= 11 is 0. The molecular formula is C15H18N4O. The smallest absolute Gasteiger partial charge is 0.261 e. The van der Waals surface area contributed by atoms with Gasteiger partial charge in [0.05, 0.1) is 0 Å². The van der Waals surface area contributed by atoms with Gasteiger partial charge < -0.3 is 5.73 Å². The van der Waals surface area contributed by atoms with Gasteiger partial charge in [0.25, 0.3) is 5.91 Å². The Morgan fingerprint density at radius 1 is 1.45 bits per heavy atom. The van der Waals surface area contributed by atoms with Crippen LogP contribution in [0.3, 0.4) is 0 Å². The number of aryl methyl sites for hydroxylation is 1. The van der Waals surface area contributed by atoms with Gasteiger partial charge >= 0.3 is 0 Å². The third-order valence-corrected chi connectivity index (χ3v) is 4.74. The van der Waals surface area contributed by atoms with Crippen LogP contribution in [0.4, 0.5) is 0 Å². The molecule has 2 heterocycles. The van der Waals surface area contributed by atoms with Crippen molar-refractivity contribution in [3.8, 4) is 0 Å². The minimum Gasteiger partial charge on any atom is -0.369 e. The Morgan fingerprint density at radius 3 is 2.90 bits per heavy atom. The first kappa shape index (κ1) is 11.9. The van der Waals surface area contributed by atoms with Crippen molar-refractivity contribution in [3.63, 3.8) is 0 Å². The lowest BCUT2D eigenvalue weighted by atomic mass is 9.77. The van der Waals surface area contributed by atoms with Gasteiger partial charge in [-0.15, -0.1) is 0 Å². The summed E-state index contributed by atoms with van der Waals surface area (Å²) in [5.74, 6) is 0.909. The van der Waals surface area contributed by atoms with Crippen LogP contribution in [0, 0.1) is 0 Å². The molecule has 2 aliphatic carbocycles. The fraction of sp³-hybridized carbons (Fsp3) is 0.533. The normalized spacial score (nSPS) is 28.8. The summed E-state index contributed by atoms with van der Waals surface area (Å²) in [7, 11) is 1.70. The number of likely N-dealkylation sites (N-methyl/N-ethyl adjacent to an activating group) is 1. The van der Waals surface area contributed by atoms with Gasteiger partial charge in [-0.2, -0.15) is 0 Å². The van der Waals surface area contributed by atoms with Crippen molar-refractivity contribution < 1.29 is 4.79 Å². The number of hydrogen-bond acceptors (Lipinski definition) is 4. The molecule has 0 bridgehead atoms. The lowest BCUT2D eigenvalue weighted by molar-refractivity contribution is -0.131. The van der Waals surface area contributed by atoms with Gasteiger partial charge in [-0.1, -0.05) is 0 Å². The Kier molecular flexibility index (Phi) is 2.26. The second-order valence-corrected chi connectivity index (χ2v) is 6.09. The van der Waals surface area contributed by atoms with E-state index in [4.69, 9.17) is 5.73 Å². The summed E-state index contributed by atoms with van der Waals surface area (Å²) < 4.78 is 0. The molecule has 20 heavy (non-hydrogen) atoms. The molecule has 1 aromatic heterocycles. The van der Waals surface area contributed by atoms with Gasteiger partial charge in [-0.3, -0.25) is 14.7 Å². The van der Waals surface area contributed by atoms with Crippen molar-refractivity contribution in [1.29, 1.82) is 0 Å². The lowest BCUT2D eigenvalue weighted by Gasteiger charge is -2.31. The first-order chi connectivity index (χ1) is 9.62. The highest BCUT2D eigenvalue weighted by Crippen LogP contribution is 2.45. The third kappa shape index (κ3) is 1.46. The molecule has 1 saturated carbocycles. The van der Waals surface area contributed by atoms with Gasteiger partial charge in [-0.25, -0.2) is 4.99 Å². The number of carbonyl (C=O) groups excluding carboxylic acids is 1. The fourth-order valence-electron chi connectivity index (χ4n) is 3.39. The highest BCUT2D eigenvalue weighted by molar-refractivity contribution is 6.07. The molecule has 5 heteroatoms. The molecule has 4 rings (SSSR count). The van der Waals surface area contributed by atoms with Crippen molar-refractivity contribution in [2.75, 3.05) is 7.05 Å². The molecule has 1 aromatic rings. The molecule has 0 saturated heterocycles. The molecule has 1 fully saturated rings. The molecule has 0 radical (unpaired) electrons. The van der Waals surface area contributed by atoms with E-state index in [-0.39, 0.29) is 5.91 Å². The summed E-state index contributed by atoms with van der Waals surface area (Å²) in [6.45, 7) is 0. The van der Waals surface area contributed by atoms with E-state index in [1.54, 1.807) is 7.05 Å². The molecule has 1 atom stereocenters. The number of amides is 1. The van der Waals surface area contributed by atoms with E-state index in [0.29, 0.717) is 11.9 Å². The number of carbonyl (C=O) groups is 1. The van der Waals surface area contributed by atoms with Crippen LogP contribution in [0.25, 0.3) is 0 Å². The summed E-state index contributed by atoms with van der Waals surface area (Å²) in [6, 6.07) is 2.11. The monoisotopic (exact) mass is 270 g/mol. The van der Waals surface area contributed by atoms with Crippen LogP contribution in [0.5, 0.6) is 0 Å². The van der Waals surface area contributed by atoms with Crippen LogP contribution in [-0.4, -0.2) is 28.8 Å². The van der Waals surface area contributed by atoms with Gasteiger partial charge in [0, 0.05) is 24.9 Å². The minimum atomic E-state index is -0.779. The molecule has 3 aliphatic rings. The zero-order valence-electron chi connectivity index (χ0n) is 11.6. The van der Waals surface area contributed by atoms with E-state index < -0.39 is 5.54 Å². The first-order valence-corrected chi connectivity index (χ1v) is 7.24. The van der Waals surface area contributed by atoms with Crippen molar-refractivity contribution >= 4 is 11.9 Å². The number of guanidine groups is 1. The average molecular weight is 270 g/mol. The number of nitrogens with two attached hydrogens (primary N) is 1. The van der Waals surface area contributed by atoms with E-state index >= 15 is 0 Å². The Labute approximate surface area is 117 Å². The first-order valence-electron chi connectivity index (χ1n) is 7.24. The Hall–Kier alpha value is -1.91. The molecule has 5 nitrogen and oxygen atoms in total. The summed E-state index contributed by atoms with van der Waals surface area (Å²) in [6.07, 6.45) is 7.03. The highest BCUT2D eigenvalue weighted by Gasteiger charge is 2.50. The largest absolute Gasteiger partial charge is 0.369 e. The van der Waals surface area contributed by atoms with E-state index in [2.05, 4.69) is 16.0 Å². The number of pyridine rings is 1. The fourth-order valence-corrected chi connectivity index (χ4v) is 3.39. The van der Waals surface area contributed by atoms with Crippen LogP contribution in [0.1, 0.15) is 48.4 Å². The molecule has 1 amide bonds. The zero-order valence-corrected chi connectivity index (χ0v) is 11.6. The Balaban J connectivity index is 1.89. The van der Waals surface area contributed by atoms with Crippen molar-refractivity contribution in [3.05, 3.63) is 29.1 Å². The second-order valence-electron chi connectivity index (χ2n) is 6.09. The van der Waals surface area contributed by atoms with Crippen LogP contribution < -0.4 is 5.73 Å². The lowest BCUT2D eigenvalue weighted by Crippen LogP contribution is -2.42. The van der Waals surface area contributed by atoms with Gasteiger partial charge in [-0.05, 0) is 49.3 Å². The van der Waals surface area contributed by atoms with E-state index in [0.717, 1.165) is 36.1 Å². The summed E-state index contributed by atoms with van der Waals surface area (Å²) in [4.78, 5) is 23.3. The number of nitrogens with zero attached hydrogens (tertiary/aromatic N) is 3. The minimum absolute atomic E-state index is 0.00361. The third-order valence-electron chi connectivity index (χ3n) is 4.74. The second kappa shape index (κ2) is 3.81. The Bertz CT molecular complexity index is 635. The number of rotatable bonds is 1. The zero-order chi connectivity index (χ0) is 13.9. The predicted molar refractivity (Wildman–Crippen MR) is 75.2 cm³/mol. The highest BCUT2D eigenvalue weighted by atomic mass is 16.2. The SMILES string of the molecule is CN1C(=O)C2(CCCc3cnc(C4CC4)cc32)N=C1N. The van der Waals surface area contributed by atoms with Crippen molar-refractivity contribution in [1.82, 2.24) is 9.88 Å². The Morgan fingerprint density at radius 2 is 2.25 bits per heavy atom. The predicted octanol–water partition coefficient (Wildman–Crippen LogP) is 1.28. The standard InChI is InChI=1S/C15H18N4O/c1-19-13(20)15(18-14(19)16)6-2-3-10-8-17-12(7-11(10)15)9-4-5-9/h7-9H,2-6H2,1H3,(H2,16,18). The van der Waals surface area contributed by atoms with Crippen LogP contribution >= 0.6 is 0 Å². The quantitative estimate of drug-likeness (QED) is 0.835. The van der Waals surface area contributed by atoms with Gasteiger partial charge in [0.2, 0.25) is 0 Å². The number of aliphatic imine (C=N–C) groups is 1. The number of fused-ring (bicyclic) bond motifs is 2.